The number of hydrogen-bond donors (Lipinski definition) is 2. The maximum absolute atomic E-state index is 12.6. The van der Waals surface area contributed by atoms with E-state index in [1.807, 2.05) is 35.9 Å². The number of H-pyrrole nitrogens is 1. The van der Waals surface area contributed by atoms with E-state index in [-0.39, 0.29) is 5.91 Å². The molecule has 0 spiro atoms. The zero-order valence-electron chi connectivity index (χ0n) is 15.4. The molecule has 4 rings (SSSR count). The topological polar surface area (TPSA) is 75.6 Å². The summed E-state index contributed by atoms with van der Waals surface area (Å²) < 4.78 is 1.85. The van der Waals surface area contributed by atoms with E-state index in [1.165, 1.54) is 5.39 Å². The lowest BCUT2D eigenvalue weighted by molar-refractivity contribution is 0.102. The van der Waals surface area contributed by atoms with Gasteiger partial charge in [-0.05, 0) is 30.2 Å². The van der Waals surface area contributed by atoms with Crippen molar-refractivity contribution in [2.45, 2.75) is 26.8 Å². The highest BCUT2D eigenvalue weighted by molar-refractivity contribution is 6.04. The van der Waals surface area contributed by atoms with Gasteiger partial charge in [0.15, 0.2) is 5.82 Å². The number of carbonyl (C=O) groups excluding carboxylic acids is 1. The second kappa shape index (κ2) is 7.07. The van der Waals surface area contributed by atoms with Crippen LogP contribution in [0, 0.1) is 6.92 Å². The van der Waals surface area contributed by atoms with Gasteiger partial charge in [-0.2, -0.15) is 10.2 Å². The third-order valence-corrected chi connectivity index (χ3v) is 4.66. The summed E-state index contributed by atoms with van der Waals surface area (Å²) in [5.41, 5.74) is 3.31. The molecule has 0 fully saturated rings. The van der Waals surface area contributed by atoms with Crippen LogP contribution in [-0.2, 0) is 6.54 Å². The van der Waals surface area contributed by atoms with E-state index < -0.39 is 0 Å². The van der Waals surface area contributed by atoms with Crippen LogP contribution in [0.1, 0.15) is 29.4 Å². The van der Waals surface area contributed by atoms with Gasteiger partial charge in [0.25, 0.3) is 5.91 Å². The lowest BCUT2D eigenvalue weighted by atomic mass is 10.1. The van der Waals surface area contributed by atoms with Crippen molar-refractivity contribution in [3.63, 3.8) is 0 Å². The van der Waals surface area contributed by atoms with Crippen molar-refractivity contribution in [3.8, 4) is 11.3 Å². The number of amides is 1. The first kappa shape index (κ1) is 17.0. The molecule has 2 N–H and O–H groups in total. The second-order valence-corrected chi connectivity index (χ2v) is 6.55. The molecular formula is C21H21N5O. The van der Waals surface area contributed by atoms with Crippen LogP contribution in [0.25, 0.3) is 22.0 Å². The molecular weight excluding hydrogens is 338 g/mol. The van der Waals surface area contributed by atoms with Gasteiger partial charge in [0.05, 0.1) is 17.5 Å². The van der Waals surface area contributed by atoms with Crippen LogP contribution in [0.5, 0.6) is 0 Å². The quantitative estimate of drug-likeness (QED) is 0.555. The smallest absolute Gasteiger partial charge is 0.260 e. The minimum atomic E-state index is -0.202. The highest BCUT2D eigenvalue weighted by Crippen LogP contribution is 2.24. The van der Waals surface area contributed by atoms with Gasteiger partial charge in [-0.15, -0.1) is 0 Å². The number of aromatic nitrogens is 4. The van der Waals surface area contributed by atoms with Crippen molar-refractivity contribution in [1.29, 1.82) is 0 Å². The summed E-state index contributed by atoms with van der Waals surface area (Å²) in [6.07, 6.45) is 2.58. The molecule has 0 bridgehead atoms. The average molecular weight is 359 g/mol. The van der Waals surface area contributed by atoms with Crippen molar-refractivity contribution in [3.05, 3.63) is 66.0 Å². The van der Waals surface area contributed by atoms with Crippen LogP contribution in [0.4, 0.5) is 5.82 Å². The molecule has 6 nitrogen and oxygen atoms in total. The summed E-state index contributed by atoms with van der Waals surface area (Å²) in [7, 11) is 0. The molecule has 0 saturated carbocycles. The van der Waals surface area contributed by atoms with Gasteiger partial charge in [-0.1, -0.05) is 43.3 Å². The van der Waals surface area contributed by atoms with E-state index in [1.54, 1.807) is 6.20 Å². The van der Waals surface area contributed by atoms with Crippen molar-refractivity contribution in [2.24, 2.45) is 0 Å². The van der Waals surface area contributed by atoms with Crippen LogP contribution >= 0.6 is 0 Å². The first-order chi connectivity index (χ1) is 13.2. The van der Waals surface area contributed by atoms with Crippen LogP contribution in [0.3, 0.4) is 0 Å². The Bertz CT molecular complexity index is 1110. The summed E-state index contributed by atoms with van der Waals surface area (Å²) in [6, 6.07) is 16.3. The molecule has 0 saturated heterocycles. The van der Waals surface area contributed by atoms with Gasteiger partial charge < -0.3 is 5.32 Å². The Kier molecular flexibility index (Phi) is 4.46. The number of aromatic amines is 1. The molecule has 0 radical (unpaired) electrons. The molecule has 2 heterocycles. The predicted octanol–water partition coefficient (Wildman–Crippen LogP) is 4.40. The van der Waals surface area contributed by atoms with Crippen LogP contribution in [0.15, 0.2) is 54.7 Å². The van der Waals surface area contributed by atoms with Crippen molar-refractivity contribution >= 4 is 22.5 Å². The number of hydrogen-bond acceptors (Lipinski definition) is 3. The van der Waals surface area contributed by atoms with Crippen LogP contribution in [-0.4, -0.2) is 25.9 Å². The van der Waals surface area contributed by atoms with Gasteiger partial charge in [-0.25, -0.2) is 0 Å². The largest absolute Gasteiger partial charge is 0.305 e. The number of benzene rings is 2. The molecule has 6 heteroatoms. The van der Waals surface area contributed by atoms with E-state index in [0.717, 1.165) is 35.3 Å². The van der Waals surface area contributed by atoms with Crippen molar-refractivity contribution in [1.82, 2.24) is 20.0 Å². The average Bonchev–Trinajstić information content (AvgIpc) is 3.29. The predicted molar refractivity (Wildman–Crippen MR) is 107 cm³/mol. The lowest BCUT2D eigenvalue weighted by Crippen LogP contribution is -2.13. The maximum atomic E-state index is 12.6. The Labute approximate surface area is 157 Å². The highest BCUT2D eigenvalue weighted by Gasteiger charge is 2.15. The lowest BCUT2D eigenvalue weighted by Gasteiger charge is -2.03. The van der Waals surface area contributed by atoms with E-state index in [2.05, 4.69) is 51.8 Å². The Morgan fingerprint density at radius 2 is 1.96 bits per heavy atom. The van der Waals surface area contributed by atoms with Gasteiger partial charge in [0.1, 0.15) is 0 Å². The molecule has 0 aliphatic rings. The van der Waals surface area contributed by atoms with E-state index in [9.17, 15) is 4.79 Å². The number of nitrogens with zero attached hydrogens (tertiary/aromatic N) is 3. The normalized spacial score (nSPS) is 11.0. The summed E-state index contributed by atoms with van der Waals surface area (Å²) in [5.74, 6) is 0.289. The van der Waals surface area contributed by atoms with E-state index in [4.69, 9.17) is 0 Å². The Morgan fingerprint density at radius 1 is 1.15 bits per heavy atom. The second-order valence-electron chi connectivity index (χ2n) is 6.55. The molecule has 4 aromatic rings. The first-order valence-corrected chi connectivity index (χ1v) is 9.04. The van der Waals surface area contributed by atoms with Crippen LogP contribution in [0.2, 0.25) is 0 Å². The van der Waals surface area contributed by atoms with Crippen LogP contribution < -0.4 is 5.32 Å². The van der Waals surface area contributed by atoms with Crippen molar-refractivity contribution < 1.29 is 4.79 Å². The molecule has 27 heavy (non-hydrogen) atoms. The van der Waals surface area contributed by atoms with Gasteiger partial charge in [0, 0.05) is 23.9 Å². The molecule has 1 amide bonds. The maximum Gasteiger partial charge on any atom is 0.260 e. The van der Waals surface area contributed by atoms with E-state index in [0.29, 0.717) is 11.4 Å². The first-order valence-electron chi connectivity index (χ1n) is 9.04. The summed E-state index contributed by atoms with van der Waals surface area (Å²) in [5, 5.41) is 16.7. The number of anilines is 1. The SMILES string of the molecule is CCCn1ncc(C(=O)Nc2cc(-c3ccc4ccccc4c3)[nH]n2)c1C. The number of nitrogens with one attached hydrogen (secondary N) is 2. The third kappa shape index (κ3) is 3.33. The number of aryl methyl sites for hydroxylation is 1. The molecule has 0 atom stereocenters. The number of fused-ring (bicyclic) bond motifs is 1. The monoisotopic (exact) mass is 359 g/mol. The Hall–Kier alpha value is -3.41. The third-order valence-electron chi connectivity index (χ3n) is 4.66. The minimum absolute atomic E-state index is 0.202. The van der Waals surface area contributed by atoms with E-state index >= 15 is 0 Å². The number of carbonyl (C=O) groups is 1. The van der Waals surface area contributed by atoms with Gasteiger partial charge >= 0.3 is 0 Å². The standard InChI is InChI=1S/C21H21N5O/c1-3-10-26-14(2)18(13-22-26)21(27)23-20-12-19(24-25-20)17-9-8-15-6-4-5-7-16(15)11-17/h4-9,11-13H,3,10H2,1-2H3,(H2,23,24,25,27). The van der Waals surface area contributed by atoms with Gasteiger partial charge in [0.2, 0.25) is 0 Å². The zero-order chi connectivity index (χ0) is 18.8. The molecule has 0 unspecified atom stereocenters. The summed E-state index contributed by atoms with van der Waals surface area (Å²) in [6.45, 7) is 4.79. The highest BCUT2D eigenvalue weighted by atomic mass is 16.1. The fourth-order valence-electron chi connectivity index (χ4n) is 3.18. The molecule has 2 aromatic heterocycles. The fourth-order valence-corrected chi connectivity index (χ4v) is 3.18. The Balaban J connectivity index is 1.54. The molecule has 2 aromatic carbocycles. The van der Waals surface area contributed by atoms with Crippen molar-refractivity contribution in [2.75, 3.05) is 5.32 Å². The molecule has 136 valence electrons. The minimum Gasteiger partial charge on any atom is -0.305 e. The fraction of sp³-hybridized carbons (Fsp3) is 0.190. The number of rotatable bonds is 5. The summed E-state index contributed by atoms with van der Waals surface area (Å²) >= 11 is 0. The Morgan fingerprint density at radius 3 is 2.78 bits per heavy atom. The molecule has 0 aliphatic carbocycles. The van der Waals surface area contributed by atoms with Gasteiger partial charge in [-0.3, -0.25) is 14.6 Å². The summed E-state index contributed by atoms with van der Waals surface area (Å²) in [4.78, 5) is 12.6. The molecule has 0 aliphatic heterocycles. The zero-order valence-corrected chi connectivity index (χ0v) is 15.4.